The van der Waals surface area contributed by atoms with Gasteiger partial charge in [0.15, 0.2) is 5.58 Å². The number of nitrogens with zero attached hydrogens (tertiary/aromatic N) is 1. The molecule has 1 aliphatic rings. The summed E-state index contributed by atoms with van der Waals surface area (Å²) in [5, 5.41) is 0. The second kappa shape index (κ2) is 8.10. The Labute approximate surface area is 167 Å². The predicted octanol–water partition coefficient (Wildman–Crippen LogP) is 2.45. The normalized spacial score (nSPS) is 16.4. The van der Waals surface area contributed by atoms with Crippen LogP contribution in [0.1, 0.15) is 18.4 Å². The summed E-state index contributed by atoms with van der Waals surface area (Å²) in [5.41, 5.74) is 1.74. The Hall–Kier alpha value is -2.49. The van der Waals surface area contributed by atoms with Crippen molar-refractivity contribution in [3.05, 3.63) is 64.4 Å². The largest absolute Gasteiger partial charge is 0.417 e. The number of piperidine rings is 1. The summed E-state index contributed by atoms with van der Waals surface area (Å²) in [6, 6.07) is 10.8. The van der Waals surface area contributed by atoms with Crippen molar-refractivity contribution in [2.45, 2.75) is 24.3 Å². The van der Waals surface area contributed by atoms with Crippen molar-refractivity contribution in [1.82, 2.24) is 14.6 Å². The highest BCUT2D eigenvalue weighted by molar-refractivity contribution is 7.89. The molecule has 0 spiro atoms. The molecule has 0 unspecified atom stereocenters. The molecule has 154 valence electrons. The van der Waals surface area contributed by atoms with Crippen molar-refractivity contribution in [3.63, 3.8) is 0 Å². The lowest BCUT2D eigenvalue weighted by molar-refractivity contribution is 0.178. The Bertz CT molecular complexity index is 1150. The fourth-order valence-corrected chi connectivity index (χ4v) is 4.73. The van der Waals surface area contributed by atoms with Gasteiger partial charge in [-0.25, -0.2) is 22.3 Å². The van der Waals surface area contributed by atoms with Crippen LogP contribution in [0.5, 0.6) is 0 Å². The maximum atomic E-state index is 13.0. The van der Waals surface area contributed by atoms with E-state index >= 15 is 0 Å². The highest BCUT2D eigenvalue weighted by Crippen LogP contribution is 2.20. The molecule has 0 saturated carbocycles. The number of hydrogen-bond acceptors (Lipinski definition) is 5. The number of aromatic amines is 1. The quantitative estimate of drug-likeness (QED) is 0.640. The zero-order valence-electron chi connectivity index (χ0n) is 15.7. The van der Waals surface area contributed by atoms with Crippen molar-refractivity contribution in [1.29, 1.82) is 0 Å². The highest BCUT2D eigenvalue weighted by atomic mass is 32.2. The fraction of sp³-hybridized carbons (Fsp3) is 0.350. The SMILES string of the molecule is O=c1[nH]c2ccc(S(=O)(=O)NCC3CCN(Cc4ccc(F)cc4)CC3)cc2o1. The van der Waals surface area contributed by atoms with Crippen LogP contribution in [0.25, 0.3) is 11.1 Å². The van der Waals surface area contributed by atoms with Crippen LogP contribution in [-0.4, -0.2) is 37.9 Å². The molecule has 4 rings (SSSR count). The molecule has 0 amide bonds. The second-order valence-corrected chi connectivity index (χ2v) is 9.14. The van der Waals surface area contributed by atoms with Crippen LogP contribution >= 0.6 is 0 Å². The van der Waals surface area contributed by atoms with E-state index in [1.807, 2.05) is 0 Å². The molecule has 1 fully saturated rings. The Kier molecular flexibility index (Phi) is 5.53. The summed E-state index contributed by atoms with van der Waals surface area (Å²) in [6.07, 6.45) is 1.77. The van der Waals surface area contributed by atoms with Gasteiger partial charge >= 0.3 is 5.76 Å². The lowest BCUT2D eigenvalue weighted by Crippen LogP contribution is -2.38. The van der Waals surface area contributed by atoms with Crippen molar-refractivity contribution < 1.29 is 17.2 Å². The number of nitrogens with one attached hydrogen (secondary N) is 2. The first-order valence-corrected chi connectivity index (χ1v) is 11.0. The number of H-pyrrole nitrogens is 1. The van der Waals surface area contributed by atoms with Gasteiger partial charge < -0.3 is 4.42 Å². The minimum atomic E-state index is -3.68. The van der Waals surface area contributed by atoms with E-state index in [1.165, 1.54) is 30.3 Å². The predicted molar refractivity (Wildman–Crippen MR) is 106 cm³/mol. The van der Waals surface area contributed by atoms with E-state index in [2.05, 4.69) is 14.6 Å². The fourth-order valence-electron chi connectivity index (χ4n) is 3.60. The molecule has 2 aromatic carbocycles. The minimum absolute atomic E-state index is 0.0708. The number of hydrogen-bond donors (Lipinski definition) is 2. The molecular weight excluding hydrogens is 397 g/mol. The molecule has 0 bridgehead atoms. The third-order valence-corrected chi connectivity index (χ3v) is 6.71. The maximum Gasteiger partial charge on any atom is 0.417 e. The first-order valence-electron chi connectivity index (χ1n) is 9.48. The molecule has 29 heavy (non-hydrogen) atoms. The molecule has 9 heteroatoms. The monoisotopic (exact) mass is 419 g/mol. The third kappa shape index (κ3) is 4.75. The zero-order chi connectivity index (χ0) is 20.4. The standard InChI is InChI=1S/C20H22FN3O4S/c21-16-3-1-15(2-4-16)13-24-9-7-14(8-10-24)12-22-29(26,27)17-5-6-18-19(11-17)28-20(25)23-18/h1-6,11,14,22H,7-10,12-13H2,(H,23,25). The first-order chi connectivity index (χ1) is 13.9. The van der Waals surface area contributed by atoms with Gasteiger partial charge in [-0.15, -0.1) is 0 Å². The molecule has 7 nitrogen and oxygen atoms in total. The molecule has 0 aliphatic carbocycles. The number of oxazole rings is 1. The van der Waals surface area contributed by atoms with Gasteiger partial charge in [0.1, 0.15) is 5.82 Å². The maximum absolute atomic E-state index is 13.0. The van der Waals surface area contributed by atoms with E-state index in [1.54, 1.807) is 12.1 Å². The Morgan fingerprint density at radius 1 is 1.14 bits per heavy atom. The Morgan fingerprint density at radius 2 is 1.86 bits per heavy atom. The molecule has 3 aromatic rings. The van der Waals surface area contributed by atoms with Gasteiger partial charge in [0.25, 0.3) is 0 Å². The third-order valence-electron chi connectivity index (χ3n) is 5.29. The van der Waals surface area contributed by atoms with Crippen molar-refractivity contribution in [2.24, 2.45) is 5.92 Å². The number of halogens is 1. The lowest BCUT2D eigenvalue weighted by Gasteiger charge is -2.32. The van der Waals surface area contributed by atoms with Crippen LogP contribution in [0, 0.1) is 11.7 Å². The van der Waals surface area contributed by atoms with Crippen LogP contribution in [0.2, 0.25) is 0 Å². The Balaban J connectivity index is 1.30. The van der Waals surface area contributed by atoms with Gasteiger partial charge in [0.05, 0.1) is 10.4 Å². The average molecular weight is 419 g/mol. The molecule has 1 saturated heterocycles. The van der Waals surface area contributed by atoms with Gasteiger partial charge in [-0.1, -0.05) is 12.1 Å². The van der Waals surface area contributed by atoms with Crippen molar-refractivity contribution in [2.75, 3.05) is 19.6 Å². The average Bonchev–Trinajstić information content (AvgIpc) is 3.08. The molecule has 1 aliphatic heterocycles. The van der Waals surface area contributed by atoms with Gasteiger partial charge in [0.2, 0.25) is 10.0 Å². The second-order valence-electron chi connectivity index (χ2n) is 7.37. The summed E-state index contributed by atoms with van der Waals surface area (Å²) in [5.74, 6) is -0.601. The van der Waals surface area contributed by atoms with Crippen molar-refractivity contribution in [3.8, 4) is 0 Å². The number of fused-ring (bicyclic) bond motifs is 1. The summed E-state index contributed by atoms with van der Waals surface area (Å²) < 4.78 is 45.8. The molecule has 1 aromatic heterocycles. The summed E-state index contributed by atoms with van der Waals surface area (Å²) >= 11 is 0. The van der Waals surface area contributed by atoms with Gasteiger partial charge in [-0.2, -0.15) is 0 Å². The summed E-state index contributed by atoms with van der Waals surface area (Å²) in [4.78, 5) is 16.1. The lowest BCUT2D eigenvalue weighted by atomic mass is 9.97. The van der Waals surface area contributed by atoms with Gasteiger partial charge in [-0.05, 0) is 61.7 Å². The molecule has 2 N–H and O–H groups in total. The molecule has 0 atom stereocenters. The van der Waals surface area contributed by atoms with E-state index in [9.17, 15) is 17.6 Å². The minimum Gasteiger partial charge on any atom is -0.408 e. The van der Waals surface area contributed by atoms with Gasteiger partial charge in [0, 0.05) is 19.2 Å². The van der Waals surface area contributed by atoms with Crippen LogP contribution in [0.4, 0.5) is 4.39 Å². The van der Waals surface area contributed by atoms with Crippen LogP contribution in [0.3, 0.4) is 0 Å². The van der Waals surface area contributed by atoms with E-state index in [0.717, 1.165) is 38.0 Å². The number of likely N-dealkylation sites (tertiary alicyclic amines) is 1. The Morgan fingerprint density at radius 3 is 2.59 bits per heavy atom. The zero-order valence-corrected chi connectivity index (χ0v) is 16.5. The van der Waals surface area contributed by atoms with Crippen LogP contribution in [-0.2, 0) is 16.6 Å². The number of sulfonamides is 1. The highest BCUT2D eigenvalue weighted by Gasteiger charge is 2.22. The number of aromatic nitrogens is 1. The number of benzene rings is 2. The van der Waals surface area contributed by atoms with Crippen molar-refractivity contribution >= 4 is 21.1 Å². The topological polar surface area (TPSA) is 95.4 Å². The molecule has 2 heterocycles. The van der Waals surface area contributed by atoms with Gasteiger partial charge in [-0.3, -0.25) is 9.88 Å². The van der Waals surface area contributed by atoms with Crippen LogP contribution in [0.15, 0.2) is 56.6 Å². The smallest absolute Gasteiger partial charge is 0.408 e. The van der Waals surface area contributed by atoms with E-state index in [-0.39, 0.29) is 22.2 Å². The van der Waals surface area contributed by atoms with E-state index in [4.69, 9.17) is 4.42 Å². The summed E-state index contributed by atoms with van der Waals surface area (Å²) in [6.45, 7) is 2.86. The summed E-state index contributed by atoms with van der Waals surface area (Å²) in [7, 11) is -3.68. The number of rotatable bonds is 6. The molecule has 0 radical (unpaired) electrons. The van der Waals surface area contributed by atoms with E-state index in [0.29, 0.717) is 12.1 Å². The molecular formula is C20H22FN3O4S. The van der Waals surface area contributed by atoms with E-state index < -0.39 is 15.8 Å². The first kappa shape index (κ1) is 19.8. The van der Waals surface area contributed by atoms with Crippen LogP contribution < -0.4 is 10.5 Å².